The lowest BCUT2D eigenvalue weighted by Crippen LogP contribution is -2.13. The second-order valence-corrected chi connectivity index (χ2v) is 7.35. The summed E-state index contributed by atoms with van der Waals surface area (Å²) in [5, 5.41) is 2.28. The average Bonchev–Trinajstić information content (AvgIpc) is 3.07. The number of para-hydroxylation sites is 2. The highest BCUT2D eigenvalue weighted by Crippen LogP contribution is 2.38. The number of Topliss-reactive ketones (excluding diaryl/α,β-unsaturated/α-hetero) is 1. The lowest BCUT2D eigenvalue weighted by Gasteiger charge is -2.13. The van der Waals surface area contributed by atoms with E-state index < -0.39 is 5.92 Å². The van der Waals surface area contributed by atoms with Crippen LogP contribution in [0.5, 0.6) is 5.75 Å². The predicted octanol–water partition coefficient (Wildman–Crippen LogP) is 6.34. The maximum absolute atomic E-state index is 13.4. The topological polar surface area (TPSA) is 38.7 Å². The molecule has 0 fully saturated rings. The summed E-state index contributed by atoms with van der Waals surface area (Å²) in [4.78, 5) is 18.4. The summed E-state index contributed by atoms with van der Waals surface area (Å²) in [6.07, 6.45) is 0. The molecule has 146 valence electrons. The Bertz CT molecular complexity index is 1290. The SMILES string of the molecule is CCOc1ccccc1N=C1c2ccccc2C(=O)[C@@H]1c1ccc2ccccc2c1. The molecule has 0 aromatic heterocycles. The summed E-state index contributed by atoms with van der Waals surface area (Å²) in [6, 6.07) is 29.9. The largest absolute Gasteiger partial charge is 0.492 e. The highest BCUT2D eigenvalue weighted by atomic mass is 16.5. The fourth-order valence-electron chi connectivity index (χ4n) is 4.13. The van der Waals surface area contributed by atoms with Gasteiger partial charge in [0.1, 0.15) is 11.4 Å². The van der Waals surface area contributed by atoms with Gasteiger partial charge in [-0.2, -0.15) is 0 Å². The maximum atomic E-state index is 13.4. The number of nitrogens with zero attached hydrogens (tertiary/aromatic N) is 1. The van der Waals surface area contributed by atoms with Gasteiger partial charge in [-0.05, 0) is 35.4 Å². The molecule has 0 amide bonds. The van der Waals surface area contributed by atoms with Gasteiger partial charge in [0.2, 0.25) is 0 Å². The molecule has 0 unspecified atom stereocenters. The van der Waals surface area contributed by atoms with Gasteiger partial charge >= 0.3 is 0 Å². The second kappa shape index (κ2) is 7.60. The number of hydrogen-bond donors (Lipinski definition) is 0. The van der Waals surface area contributed by atoms with Crippen molar-refractivity contribution in [2.75, 3.05) is 6.61 Å². The standard InChI is InChI=1S/C27H21NO2/c1-2-30-24-14-8-7-13-23(24)28-26-21-11-5-6-12-22(21)27(29)25(26)20-16-15-18-9-3-4-10-19(18)17-20/h3-17,25H,2H2,1H3/t25-/m1/s1. The number of fused-ring (bicyclic) bond motifs is 2. The van der Waals surface area contributed by atoms with Gasteiger partial charge in [-0.1, -0.05) is 78.9 Å². The zero-order valence-electron chi connectivity index (χ0n) is 16.7. The summed E-state index contributed by atoms with van der Waals surface area (Å²) >= 11 is 0. The van der Waals surface area contributed by atoms with Crippen molar-refractivity contribution in [3.63, 3.8) is 0 Å². The van der Waals surface area contributed by atoms with Crippen LogP contribution in [0, 0.1) is 0 Å². The highest BCUT2D eigenvalue weighted by Gasteiger charge is 2.37. The molecule has 0 spiro atoms. The highest BCUT2D eigenvalue weighted by molar-refractivity contribution is 6.32. The molecule has 0 bridgehead atoms. The van der Waals surface area contributed by atoms with Crippen LogP contribution >= 0.6 is 0 Å². The quantitative estimate of drug-likeness (QED) is 0.407. The number of carbonyl (C=O) groups is 1. The molecule has 0 aliphatic heterocycles. The molecule has 0 N–H and O–H groups in total. The Morgan fingerprint density at radius 1 is 0.800 bits per heavy atom. The van der Waals surface area contributed by atoms with E-state index in [-0.39, 0.29) is 5.78 Å². The van der Waals surface area contributed by atoms with Crippen molar-refractivity contribution in [2.24, 2.45) is 4.99 Å². The van der Waals surface area contributed by atoms with Gasteiger partial charge in [0.15, 0.2) is 5.78 Å². The van der Waals surface area contributed by atoms with Crippen molar-refractivity contribution in [2.45, 2.75) is 12.8 Å². The molecule has 30 heavy (non-hydrogen) atoms. The molecule has 1 aliphatic carbocycles. The first kappa shape index (κ1) is 18.3. The second-order valence-electron chi connectivity index (χ2n) is 7.35. The van der Waals surface area contributed by atoms with Crippen molar-refractivity contribution in [3.8, 4) is 5.75 Å². The van der Waals surface area contributed by atoms with Crippen LogP contribution in [-0.2, 0) is 0 Å². The van der Waals surface area contributed by atoms with E-state index in [1.807, 2.05) is 73.7 Å². The average molecular weight is 391 g/mol. The van der Waals surface area contributed by atoms with Crippen LogP contribution in [0.4, 0.5) is 5.69 Å². The Labute approximate surface area is 175 Å². The Morgan fingerprint density at radius 3 is 2.33 bits per heavy atom. The lowest BCUT2D eigenvalue weighted by atomic mass is 9.91. The molecular weight excluding hydrogens is 370 g/mol. The Hall–Kier alpha value is -3.72. The van der Waals surface area contributed by atoms with E-state index >= 15 is 0 Å². The number of ether oxygens (including phenoxy) is 1. The van der Waals surface area contributed by atoms with Crippen LogP contribution in [-0.4, -0.2) is 18.1 Å². The zero-order chi connectivity index (χ0) is 20.5. The summed E-state index contributed by atoms with van der Waals surface area (Å²) in [6.45, 7) is 2.52. The molecule has 1 atom stereocenters. The van der Waals surface area contributed by atoms with Gasteiger partial charge in [-0.25, -0.2) is 4.99 Å². The van der Waals surface area contributed by atoms with Crippen LogP contribution in [0.3, 0.4) is 0 Å². The van der Waals surface area contributed by atoms with Gasteiger partial charge in [-0.3, -0.25) is 4.79 Å². The summed E-state index contributed by atoms with van der Waals surface area (Å²) in [5.74, 6) is 0.386. The van der Waals surface area contributed by atoms with E-state index in [9.17, 15) is 4.79 Å². The Morgan fingerprint density at radius 2 is 1.50 bits per heavy atom. The third-order valence-electron chi connectivity index (χ3n) is 5.52. The number of carbonyl (C=O) groups excluding carboxylic acids is 1. The summed E-state index contributed by atoms with van der Waals surface area (Å²) in [5.41, 5.74) is 4.10. The van der Waals surface area contributed by atoms with Gasteiger partial charge in [0.05, 0.1) is 18.2 Å². The van der Waals surface area contributed by atoms with E-state index in [2.05, 4.69) is 24.3 Å². The number of ketones is 1. The normalized spacial score (nSPS) is 16.8. The summed E-state index contributed by atoms with van der Waals surface area (Å²) in [7, 11) is 0. The molecule has 0 radical (unpaired) electrons. The van der Waals surface area contributed by atoms with Crippen molar-refractivity contribution in [1.82, 2.24) is 0 Å². The first-order valence-corrected chi connectivity index (χ1v) is 10.2. The van der Waals surface area contributed by atoms with Crippen molar-refractivity contribution in [1.29, 1.82) is 0 Å². The lowest BCUT2D eigenvalue weighted by molar-refractivity contribution is 0.0988. The minimum Gasteiger partial charge on any atom is -0.492 e. The van der Waals surface area contributed by atoms with Crippen LogP contribution < -0.4 is 4.74 Å². The van der Waals surface area contributed by atoms with E-state index in [0.717, 1.165) is 44.6 Å². The molecule has 0 saturated heterocycles. The van der Waals surface area contributed by atoms with Gasteiger partial charge < -0.3 is 4.74 Å². The molecule has 4 aromatic rings. The van der Waals surface area contributed by atoms with Crippen LogP contribution in [0.1, 0.15) is 34.3 Å². The van der Waals surface area contributed by atoms with Crippen LogP contribution in [0.2, 0.25) is 0 Å². The van der Waals surface area contributed by atoms with Crippen molar-refractivity contribution in [3.05, 3.63) is 108 Å². The minimum absolute atomic E-state index is 0.0912. The predicted molar refractivity (Wildman–Crippen MR) is 121 cm³/mol. The number of aliphatic imine (C=N–C) groups is 1. The van der Waals surface area contributed by atoms with Crippen molar-refractivity contribution >= 4 is 28.0 Å². The van der Waals surface area contributed by atoms with Crippen molar-refractivity contribution < 1.29 is 9.53 Å². The molecule has 5 rings (SSSR count). The van der Waals surface area contributed by atoms with E-state index in [4.69, 9.17) is 9.73 Å². The maximum Gasteiger partial charge on any atom is 0.176 e. The molecule has 3 heteroatoms. The number of benzene rings is 4. The third-order valence-corrected chi connectivity index (χ3v) is 5.52. The molecule has 3 nitrogen and oxygen atoms in total. The zero-order valence-corrected chi connectivity index (χ0v) is 16.7. The molecule has 1 aliphatic rings. The Kier molecular flexibility index (Phi) is 4.64. The smallest absolute Gasteiger partial charge is 0.176 e. The number of rotatable bonds is 4. The van der Waals surface area contributed by atoms with E-state index in [1.54, 1.807) is 0 Å². The summed E-state index contributed by atoms with van der Waals surface area (Å²) < 4.78 is 5.77. The van der Waals surface area contributed by atoms with Crippen LogP contribution in [0.25, 0.3) is 10.8 Å². The van der Waals surface area contributed by atoms with Gasteiger partial charge in [0, 0.05) is 11.1 Å². The molecular formula is C27H21NO2. The van der Waals surface area contributed by atoms with Gasteiger partial charge in [-0.15, -0.1) is 0 Å². The number of hydrogen-bond acceptors (Lipinski definition) is 3. The molecule has 0 saturated carbocycles. The monoisotopic (exact) mass is 391 g/mol. The molecule has 4 aromatic carbocycles. The van der Waals surface area contributed by atoms with Crippen LogP contribution in [0.15, 0.2) is 96.0 Å². The van der Waals surface area contributed by atoms with Gasteiger partial charge in [0.25, 0.3) is 0 Å². The first-order valence-electron chi connectivity index (χ1n) is 10.2. The Balaban J connectivity index is 1.70. The minimum atomic E-state index is -0.429. The first-order chi connectivity index (χ1) is 14.8. The third kappa shape index (κ3) is 3.09. The fourth-order valence-corrected chi connectivity index (χ4v) is 4.13. The fraction of sp³-hybridized carbons (Fsp3) is 0.111. The van der Waals surface area contributed by atoms with E-state index in [1.165, 1.54) is 0 Å². The molecule has 0 heterocycles. The van der Waals surface area contributed by atoms with E-state index in [0.29, 0.717) is 6.61 Å².